The van der Waals surface area contributed by atoms with Gasteiger partial charge in [0.2, 0.25) is 0 Å². The number of rotatable bonds is 4. The Hall–Kier alpha value is -1.21. The van der Waals surface area contributed by atoms with Gasteiger partial charge in [0.05, 0.1) is 26.0 Å². The van der Waals surface area contributed by atoms with Crippen LogP contribution in [0, 0.1) is 0 Å². The third-order valence-corrected chi connectivity index (χ3v) is 4.31. The maximum absolute atomic E-state index is 6.17. The van der Waals surface area contributed by atoms with E-state index in [1.54, 1.807) is 0 Å². The van der Waals surface area contributed by atoms with E-state index in [2.05, 4.69) is 27.7 Å². The molecule has 0 bridgehead atoms. The molecule has 1 aromatic heterocycles. The molecule has 6 nitrogen and oxygen atoms in total. The van der Waals surface area contributed by atoms with Crippen LogP contribution >= 0.6 is 0 Å². The van der Waals surface area contributed by atoms with Crippen LogP contribution in [0.3, 0.4) is 0 Å². The van der Waals surface area contributed by atoms with Crippen LogP contribution in [0.1, 0.15) is 5.56 Å². The van der Waals surface area contributed by atoms with Crippen molar-refractivity contribution in [3.8, 4) is 0 Å². The van der Waals surface area contributed by atoms with Crippen LogP contribution < -0.4 is 0 Å². The van der Waals surface area contributed by atoms with Crippen LogP contribution in [0.25, 0.3) is 0 Å². The average Bonchev–Trinajstić information content (AvgIpc) is 2.79. The van der Waals surface area contributed by atoms with Gasteiger partial charge in [-0.25, -0.2) is 0 Å². The van der Waals surface area contributed by atoms with E-state index in [-0.39, 0.29) is 5.60 Å². The van der Waals surface area contributed by atoms with Gasteiger partial charge in [0, 0.05) is 58.1 Å². The normalized spacial score (nSPS) is 27.9. The lowest BCUT2D eigenvalue weighted by atomic mass is 10.0. The molecule has 0 aromatic carbocycles. The molecule has 2 fully saturated rings. The maximum Gasteiger partial charge on any atom is 0.117 e. The van der Waals surface area contributed by atoms with Crippen molar-refractivity contribution in [1.82, 2.24) is 19.6 Å². The molecule has 3 heterocycles. The van der Waals surface area contributed by atoms with Crippen molar-refractivity contribution in [3.63, 3.8) is 0 Å². The summed E-state index contributed by atoms with van der Waals surface area (Å²) in [7, 11) is 1.95. The molecule has 6 heteroatoms. The van der Waals surface area contributed by atoms with Gasteiger partial charge in [-0.3, -0.25) is 14.5 Å². The van der Waals surface area contributed by atoms with E-state index in [0.717, 1.165) is 52.5 Å². The highest BCUT2D eigenvalue weighted by atomic mass is 16.5. The van der Waals surface area contributed by atoms with E-state index in [1.807, 2.05) is 24.0 Å². The molecule has 0 aliphatic carbocycles. The summed E-state index contributed by atoms with van der Waals surface area (Å²) in [5.41, 5.74) is 1.03. The summed E-state index contributed by atoms with van der Waals surface area (Å²) in [5, 5.41) is 4.25. The molecule has 2 aliphatic rings. The second kappa shape index (κ2) is 6.91. The molecule has 0 N–H and O–H groups in total. The highest BCUT2D eigenvalue weighted by molar-refractivity contribution is 5.04. The third-order valence-electron chi connectivity index (χ3n) is 4.31. The van der Waals surface area contributed by atoms with E-state index in [9.17, 15) is 0 Å². The van der Waals surface area contributed by atoms with Crippen molar-refractivity contribution in [3.05, 3.63) is 30.6 Å². The predicted molar refractivity (Wildman–Crippen MR) is 84.6 cm³/mol. The van der Waals surface area contributed by atoms with Gasteiger partial charge in [-0.2, -0.15) is 5.10 Å². The molecule has 22 heavy (non-hydrogen) atoms. The second-order valence-corrected chi connectivity index (χ2v) is 6.34. The lowest BCUT2D eigenvalue weighted by Gasteiger charge is -2.43. The SMILES string of the molecule is C=CCN1CCOC[C@]2(C1)CN(Cc1cnn(C)c1)CCO2. The van der Waals surface area contributed by atoms with E-state index >= 15 is 0 Å². The molecular formula is C16H26N4O2. The van der Waals surface area contributed by atoms with Crippen molar-refractivity contribution in [1.29, 1.82) is 0 Å². The number of nitrogens with zero attached hydrogens (tertiary/aromatic N) is 4. The molecule has 0 unspecified atom stereocenters. The first kappa shape index (κ1) is 15.7. The Bertz CT molecular complexity index is 504. The van der Waals surface area contributed by atoms with Crippen molar-refractivity contribution in [2.24, 2.45) is 7.05 Å². The van der Waals surface area contributed by atoms with Crippen LogP contribution in [0.4, 0.5) is 0 Å². The van der Waals surface area contributed by atoms with E-state index < -0.39 is 0 Å². The van der Waals surface area contributed by atoms with Gasteiger partial charge in [-0.1, -0.05) is 6.08 Å². The number of aromatic nitrogens is 2. The summed E-state index contributed by atoms with van der Waals surface area (Å²) in [6.45, 7) is 11.5. The molecule has 0 radical (unpaired) electrons. The monoisotopic (exact) mass is 306 g/mol. The quantitative estimate of drug-likeness (QED) is 0.758. The molecule has 122 valence electrons. The molecule has 3 rings (SSSR count). The van der Waals surface area contributed by atoms with Crippen LogP contribution in [0.15, 0.2) is 25.0 Å². The van der Waals surface area contributed by atoms with Gasteiger partial charge in [0.15, 0.2) is 0 Å². The summed E-state index contributed by atoms with van der Waals surface area (Å²) in [6.07, 6.45) is 5.97. The van der Waals surface area contributed by atoms with Gasteiger partial charge >= 0.3 is 0 Å². The fraction of sp³-hybridized carbons (Fsp3) is 0.688. The van der Waals surface area contributed by atoms with Gasteiger partial charge in [0.1, 0.15) is 5.60 Å². The zero-order chi connectivity index (χ0) is 15.4. The smallest absolute Gasteiger partial charge is 0.117 e. The fourth-order valence-electron chi connectivity index (χ4n) is 3.38. The van der Waals surface area contributed by atoms with Crippen molar-refractivity contribution >= 4 is 0 Å². The van der Waals surface area contributed by atoms with Gasteiger partial charge in [-0.05, 0) is 0 Å². The summed E-state index contributed by atoms with van der Waals surface area (Å²) in [4.78, 5) is 4.81. The first-order chi connectivity index (χ1) is 10.7. The Morgan fingerprint density at radius 1 is 1.32 bits per heavy atom. The Morgan fingerprint density at radius 3 is 2.91 bits per heavy atom. The minimum absolute atomic E-state index is 0.222. The molecular weight excluding hydrogens is 280 g/mol. The standard InChI is InChI=1S/C16H26N4O2/c1-3-4-19-5-7-21-14-16(12-19)13-20(6-8-22-16)11-15-9-17-18(2)10-15/h3,9-10H,1,4-8,11-14H2,2H3/t16-/m0/s1. The first-order valence-corrected chi connectivity index (χ1v) is 7.94. The summed E-state index contributed by atoms with van der Waals surface area (Å²) in [5.74, 6) is 0. The minimum atomic E-state index is -0.222. The van der Waals surface area contributed by atoms with Crippen LogP contribution in [0.2, 0.25) is 0 Å². The van der Waals surface area contributed by atoms with Crippen molar-refractivity contribution in [2.45, 2.75) is 12.1 Å². The highest BCUT2D eigenvalue weighted by Crippen LogP contribution is 2.23. The molecule has 0 amide bonds. The van der Waals surface area contributed by atoms with E-state index in [4.69, 9.17) is 9.47 Å². The largest absolute Gasteiger partial charge is 0.377 e. The Morgan fingerprint density at radius 2 is 2.14 bits per heavy atom. The summed E-state index contributed by atoms with van der Waals surface area (Å²) >= 11 is 0. The van der Waals surface area contributed by atoms with E-state index in [0.29, 0.717) is 6.61 Å². The molecule has 2 aliphatic heterocycles. The first-order valence-electron chi connectivity index (χ1n) is 7.94. The number of aryl methyl sites for hydroxylation is 1. The predicted octanol–water partition coefficient (Wildman–Crippen LogP) is 0.509. The topological polar surface area (TPSA) is 42.8 Å². The van der Waals surface area contributed by atoms with Gasteiger partial charge in [0.25, 0.3) is 0 Å². The zero-order valence-corrected chi connectivity index (χ0v) is 13.4. The third kappa shape index (κ3) is 3.76. The Kier molecular flexibility index (Phi) is 4.93. The van der Waals surface area contributed by atoms with Crippen LogP contribution in [-0.2, 0) is 23.1 Å². The average molecular weight is 306 g/mol. The molecule has 2 saturated heterocycles. The van der Waals surface area contributed by atoms with Crippen LogP contribution in [-0.4, -0.2) is 77.7 Å². The van der Waals surface area contributed by atoms with Crippen molar-refractivity contribution < 1.29 is 9.47 Å². The number of ether oxygens (including phenoxy) is 2. The fourth-order valence-corrected chi connectivity index (χ4v) is 3.38. The summed E-state index contributed by atoms with van der Waals surface area (Å²) in [6, 6.07) is 0. The van der Waals surface area contributed by atoms with Crippen molar-refractivity contribution in [2.75, 3.05) is 52.5 Å². The van der Waals surface area contributed by atoms with Gasteiger partial charge in [-0.15, -0.1) is 6.58 Å². The lowest BCUT2D eigenvalue weighted by molar-refractivity contribution is -0.142. The van der Waals surface area contributed by atoms with Gasteiger partial charge < -0.3 is 9.47 Å². The summed E-state index contributed by atoms with van der Waals surface area (Å²) < 4.78 is 13.8. The molecule has 1 aromatic rings. The molecule has 1 atom stereocenters. The molecule has 0 saturated carbocycles. The lowest BCUT2D eigenvalue weighted by Crippen LogP contribution is -2.58. The Labute approximate surface area is 132 Å². The maximum atomic E-state index is 6.17. The minimum Gasteiger partial charge on any atom is -0.377 e. The molecule has 1 spiro atoms. The Balaban J connectivity index is 1.66. The van der Waals surface area contributed by atoms with E-state index in [1.165, 1.54) is 5.56 Å². The number of hydrogen-bond donors (Lipinski definition) is 0. The van der Waals surface area contributed by atoms with Crippen LogP contribution in [0.5, 0.6) is 0 Å². The second-order valence-electron chi connectivity index (χ2n) is 6.34. The zero-order valence-electron chi connectivity index (χ0n) is 13.4. The highest BCUT2D eigenvalue weighted by Gasteiger charge is 2.40. The number of hydrogen-bond acceptors (Lipinski definition) is 5. The number of morpholine rings is 1.